The van der Waals surface area contributed by atoms with Gasteiger partial charge >= 0.3 is 0 Å². The first-order valence-corrected chi connectivity index (χ1v) is 13.3. The van der Waals surface area contributed by atoms with Crippen molar-refractivity contribution in [1.82, 2.24) is 0 Å². The number of ether oxygens (including phenoxy) is 1. The Morgan fingerprint density at radius 2 is 1.68 bits per heavy atom. The van der Waals surface area contributed by atoms with E-state index in [1.165, 1.54) is 11.8 Å². The van der Waals surface area contributed by atoms with E-state index >= 15 is 0 Å². The van der Waals surface area contributed by atoms with Crippen molar-refractivity contribution in [3.8, 4) is 5.75 Å². The van der Waals surface area contributed by atoms with Gasteiger partial charge in [-0.1, -0.05) is 70.2 Å². The molecule has 0 unspecified atom stereocenters. The minimum absolute atomic E-state index is 0.105. The Bertz CT molecular complexity index is 1160. The molecule has 3 aromatic rings. The second kappa shape index (κ2) is 10.3. The van der Waals surface area contributed by atoms with Crippen LogP contribution in [0, 0.1) is 7.14 Å². The standard InChI is InChI=1S/C23H14BrI2NO2S2/c24-16-6-8-17(9-7-16)27-22(28)20(31-23(27)30)12-15-10-18(25)21(19(26)11-15)29-13-14-4-2-1-3-5-14/h1-12H,13H2/b20-12+. The van der Waals surface area contributed by atoms with Gasteiger partial charge < -0.3 is 4.74 Å². The summed E-state index contributed by atoms with van der Waals surface area (Å²) in [5.41, 5.74) is 2.83. The Labute approximate surface area is 226 Å². The Kier molecular flexibility index (Phi) is 7.73. The molecular formula is C23H14BrI2NO2S2. The van der Waals surface area contributed by atoms with Crippen LogP contribution in [0.5, 0.6) is 5.75 Å². The molecule has 1 amide bonds. The number of halogens is 3. The van der Waals surface area contributed by atoms with Crippen molar-refractivity contribution in [2.45, 2.75) is 6.61 Å². The molecule has 1 heterocycles. The van der Waals surface area contributed by atoms with Crippen molar-refractivity contribution in [3.05, 3.63) is 94.4 Å². The van der Waals surface area contributed by atoms with Gasteiger partial charge in [-0.2, -0.15) is 0 Å². The molecule has 0 N–H and O–H groups in total. The van der Waals surface area contributed by atoms with E-state index in [0.29, 0.717) is 15.8 Å². The average Bonchev–Trinajstić information content (AvgIpc) is 3.02. The second-order valence-corrected chi connectivity index (χ2v) is 11.5. The highest BCUT2D eigenvalue weighted by Crippen LogP contribution is 2.37. The fourth-order valence-corrected chi connectivity index (χ4v) is 6.65. The molecule has 0 bridgehead atoms. The lowest BCUT2D eigenvalue weighted by Gasteiger charge is -2.14. The molecule has 0 spiro atoms. The van der Waals surface area contributed by atoms with Gasteiger partial charge in [0, 0.05) is 4.47 Å². The molecule has 0 aromatic heterocycles. The lowest BCUT2D eigenvalue weighted by atomic mass is 10.2. The van der Waals surface area contributed by atoms with Crippen LogP contribution in [-0.2, 0) is 11.4 Å². The van der Waals surface area contributed by atoms with E-state index in [-0.39, 0.29) is 5.91 Å². The highest BCUT2D eigenvalue weighted by molar-refractivity contribution is 14.1. The van der Waals surface area contributed by atoms with Gasteiger partial charge in [-0.05, 0) is 98.8 Å². The largest absolute Gasteiger partial charge is 0.487 e. The van der Waals surface area contributed by atoms with E-state index in [4.69, 9.17) is 17.0 Å². The Hall–Kier alpha value is -0.950. The van der Waals surface area contributed by atoms with Gasteiger partial charge in [-0.15, -0.1) is 0 Å². The van der Waals surface area contributed by atoms with Crippen LogP contribution in [0.15, 0.2) is 76.1 Å². The number of amides is 1. The Morgan fingerprint density at radius 1 is 1.03 bits per heavy atom. The summed E-state index contributed by atoms with van der Waals surface area (Å²) in [4.78, 5) is 15.2. The minimum Gasteiger partial charge on any atom is -0.487 e. The number of thiocarbonyl (C=S) groups is 1. The van der Waals surface area contributed by atoms with Gasteiger partial charge in [-0.3, -0.25) is 9.69 Å². The zero-order chi connectivity index (χ0) is 22.0. The highest BCUT2D eigenvalue weighted by Gasteiger charge is 2.33. The predicted molar refractivity (Wildman–Crippen MR) is 152 cm³/mol. The number of carbonyl (C=O) groups is 1. The van der Waals surface area contributed by atoms with E-state index in [2.05, 4.69) is 61.1 Å². The van der Waals surface area contributed by atoms with Crippen LogP contribution in [-0.4, -0.2) is 10.2 Å². The van der Waals surface area contributed by atoms with Crippen LogP contribution in [0.2, 0.25) is 0 Å². The maximum Gasteiger partial charge on any atom is 0.270 e. The summed E-state index contributed by atoms with van der Waals surface area (Å²) in [5.74, 6) is 0.747. The van der Waals surface area contributed by atoms with Crippen LogP contribution in [0.3, 0.4) is 0 Å². The lowest BCUT2D eigenvalue weighted by Crippen LogP contribution is -2.27. The van der Waals surface area contributed by atoms with Crippen molar-refractivity contribution >= 4 is 107 Å². The van der Waals surface area contributed by atoms with Gasteiger partial charge in [0.1, 0.15) is 12.4 Å². The van der Waals surface area contributed by atoms with E-state index in [1.54, 1.807) is 4.90 Å². The molecule has 1 fully saturated rings. The number of nitrogens with zero attached hydrogens (tertiary/aromatic N) is 1. The molecular weight excluding hydrogens is 720 g/mol. The van der Waals surface area contributed by atoms with Gasteiger partial charge in [0.15, 0.2) is 4.32 Å². The van der Waals surface area contributed by atoms with E-state index in [0.717, 1.165) is 34.2 Å². The summed E-state index contributed by atoms with van der Waals surface area (Å²) in [7, 11) is 0. The lowest BCUT2D eigenvalue weighted by molar-refractivity contribution is -0.113. The summed E-state index contributed by atoms with van der Waals surface area (Å²) in [5, 5.41) is 0. The number of hydrogen-bond donors (Lipinski definition) is 0. The summed E-state index contributed by atoms with van der Waals surface area (Å²) in [6.45, 7) is 0.512. The first kappa shape index (κ1) is 23.2. The molecule has 4 rings (SSSR count). The normalized spacial score (nSPS) is 15.1. The van der Waals surface area contributed by atoms with Crippen LogP contribution in [0.25, 0.3) is 6.08 Å². The maximum absolute atomic E-state index is 13.0. The Morgan fingerprint density at radius 3 is 2.32 bits per heavy atom. The van der Waals surface area contributed by atoms with Crippen molar-refractivity contribution < 1.29 is 9.53 Å². The fourth-order valence-electron chi connectivity index (χ4n) is 2.96. The molecule has 0 atom stereocenters. The molecule has 8 heteroatoms. The fraction of sp³-hybridized carbons (Fsp3) is 0.0435. The smallest absolute Gasteiger partial charge is 0.270 e. The van der Waals surface area contributed by atoms with Crippen LogP contribution in [0.4, 0.5) is 5.69 Å². The monoisotopic (exact) mass is 733 g/mol. The van der Waals surface area contributed by atoms with Gasteiger partial charge in [0.05, 0.1) is 17.7 Å². The third-order valence-corrected chi connectivity index (χ3v) is 7.86. The summed E-state index contributed by atoms with van der Waals surface area (Å²) in [6.07, 6.45) is 1.89. The molecule has 1 aliphatic rings. The zero-order valence-corrected chi connectivity index (χ0v) is 23.4. The molecule has 1 saturated heterocycles. The van der Waals surface area contributed by atoms with Gasteiger partial charge in [0.2, 0.25) is 0 Å². The average molecular weight is 734 g/mol. The van der Waals surface area contributed by atoms with Crippen molar-refractivity contribution in [2.24, 2.45) is 0 Å². The minimum atomic E-state index is -0.105. The molecule has 31 heavy (non-hydrogen) atoms. The maximum atomic E-state index is 13.0. The molecule has 0 aliphatic carbocycles. The topological polar surface area (TPSA) is 29.5 Å². The Balaban J connectivity index is 1.55. The van der Waals surface area contributed by atoms with Crippen LogP contribution in [0.1, 0.15) is 11.1 Å². The molecule has 0 radical (unpaired) electrons. The number of thioether (sulfide) groups is 1. The van der Waals surface area contributed by atoms with E-state index in [1.807, 2.05) is 72.8 Å². The highest BCUT2D eigenvalue weighted by atomic mass is 127. The van der Waals surface area contributed by atoms with Crippen LogP contribution < -0.4 is 9.64 Å². The SMILES string of the molecule is O=C1/C(=C\c2cc(I)c(OCc3ccccc3)c(I)c2)SC(=S)N1c1ccc(Br)cc1. The number of benzene rings is 3. The molecule has 3 nitrogen and oxygen atoms in total. The molecule has 3 aromatic carbocycles. The quantitative estimate of drug-likeness (QED) is 0.153. The predicted octanol–water partition coefficient (Wildman–Crippen LogP) is 7.64. The number of hydrogen-bond acceptors (Lipinski definition) is 4. The summed E-state index contributed by atoms with van der Waals surface area (Å²) >= 11 is 14.8. The third-order valence-electron chi connectivity index (χ3n) is 4.42. The van der Waals surface area contributed by atoms with Gasteiger partial charge in [0.25, 0.3) is 5.91 Å². The number of rotatable bonds is 5. The van der Waals surface area contributed by atoms with Crippen molar-refractivity contribution in [1.29, 1.82) is 0 Å². The molecule has 1 aliphatic heterocycles. The first-order chi connectivity index (χ1) is 14.9. The van der Waals surface area contributed by atoms with Crippen LogP contribution >= 0.6 is 85.1 Å². The van der Waals surface area contributed by atoms with Crippen molar-refractivity contribution in [2.75, 3.05) is 4.90 Å². The first-order valence-electron chi connectivity index (χ1n) is 9.11. The van der Waals surface area contributed by atoms with E-state index < -0.39 is 0 Å². The molecule has 0 saturated carbocycles. The second-order valence-electron chi connectivity index (χ2n) is 6.58. The van der Waals surface area contributed by atoms with Crippen molar-refractivity contribution in [3.63, 3.8) is 0 Å². The van der Waals surface area contributed by atoms with E-state index in [9.17, 15) is 4.79 Å². The third kappa shape index (κ3) is 5.52. The number of anilines is 1. The zero-order valence-electron chi connectivity index (χ0n) is 15.8. The number of carbonyl (C=O) groups excluding carboxylic acids is 1. The summed E-state index contributed by atoms with van der Waals surface area (Å²) in [6, 6.07) is 21.7. The summed E-state index contributed by atoms with van der Waals surface area (Å²) < 4.78 is 9.54. The van der Waals surface area contributed by atoms with Gasteiger partial charge in [-0.25, -0.2) is 0 Å². The molecule has 156 valence electrons.